The SMILES string of the molecule is Cc1ccc([C@@]2(C)NC(=O)N(Cc3ccc(C#N)cc3F)C2=O)o1. The second kappa shape index (κ2) is 5.49. The number of amides is 3. The number of nitrogens with one attached hydrogen (secondary N) is 1. The van der Waals surface area contributed by atoms with E-state index in [9.17, 15) is 14.0 Å². The molecule has 1 fully saturated rings. The van der Waals surface area contributed by atoms with Gasteiger partial charge in [-0.1, -0.05) is 6.07 Å². The Hall–Kier alpha value is -3.14. The van der Waals surface area contributed by atoms with E-state index < -0.39 is 23.3 Å². The summed E-state index contributed by atoms with van der Waals surface area (Å²) in [5, 5.41) is 11.4. The molecule has 1 aromatic carbocycles. The molecule has 0 bridgehead atoms. The number of furan rings is 1. The smallest absolute Gasteiger partial charge is 0.325 e. The van der Waals surface area contributed by atoms with Gasteiger partial charge in [0, 0.05) is 5.56 Å². The molecule has 3 amide bonds. The second-order valence-corrected chi connectivity index (χ2v) is 5.77. The Morgan fingerprint density at radius 2 is 2.08 bits per heavy atom. The summed E-state index contributed by atoms with van der Waals surface area (Å²) in [4.78, 5) is 25.8. The quantitative estimate of drug-likeness (QED) is 0.878. The van der Waals surface area contributed by atoms with Gasteiger partial charge in [-0.25, -0.2) is 9.18 Å². The summed E-state index contributed by atoms with van der Waals surface area (Å²) in [6.45, 7) is 3.05. The van der Waals surface area contributed by atoms with Gasteiger partial charge in [0.15, 0.2) is 5.54 Å². The van der Waals surface area contributed by atoms with Crippen LogP contribution in [-0.2, 0) is 16.9 Å². The van der Waals surface area contributed by atoms with Crippen LogP contribution in [0.15, 0.2) is 34.7 Å². The van der Waals surface area contributed by atoms with Crippen LogP contribution >= 0.6 is 0 Å². The first kappa shape index (κ1) is 15.7. The van der Waals surface area contributed by atoms with Gasteiger partial charge in [0.05, 0.1) is 18.2 Å². The standard InChI is InChI=1S/C17H14FN3O3/c1-10-3-6-14(24-10)17(2)15(22)21(16(23)20-17)9-12-5-4-11(8-19)7-13(12)18/h3-7H,9H2,1-2H3,(H,20,23)/t17-/m1/s1. The van der Waals surface area contributed by atoms with E-state index in [1.165, 1.54) is 12.1 Å². The summed E-state index contributed by atoms with van der Waals surface area (Å²) < 4.78 is 19.5. The number of aryl methyl sites for hydroxylation is 1. The first-order chi connectivity index (χ1) is 11.3. The van der Waals surface area contributed by atoms with Gasteiger partial charge >= 0.3 is 6.03 Å². The maximum Gasteiger partial charge on any atom is 0.325 e. The number of urea groups is 1. The molecule has 2 heterocycles. The van der Waals surface area contributed by atoms with Crippen LogP contribution in [-0.4, -0.2) is 16.8 Å². The van der Waals surface area contributed by atoms with E-state index in [4.69, 9.17) is 9.68 Å². The molecule has 3 rings (SSSR count). The third kappa shape index (κ3) is 2.42. The Bertz CT molecular complexity index is 883. The number of carbonyl (C=O) groups excluding carboxylic acids is 2. The van der Waals surface area contributed by atoms with Crippen molar-refractivity contribution < 1.29 is 18.4 Å². The number of hydrogen-bond donors (Lipinski definition) is 1. The van der Waals surface area contributed by atoms with E-state index in [2.05, 4.69) is 5.32 Å². The van der Waals surface area contributed by atoms with Crippen molar-refractivity contribution in [2.45, 2.75) is 25.9 Å². The monoisotopic (exact) mass is 327 g/mol. The number of nitrogens with zero attached hydrogens (tertiary/aromatic N) is 2. The molecular weight excluding hydrogens is 313 g/mol. The topological polar surface area (TPSA) is 86.3 Å². The molecule has 0 radical (unpaired) electrons. The molecule has 1 N–H and O–H groups in total. The Kier molecular flexibility index (Phi) is 3.60. The van der Waals surface area contributed by atoms with Crippen molar-refractivity contribution in [1.82, 2.24) is 10.2 Å². The zero-order chi connectivity index (χ0) is 17.5. The number of rotatable bonds is 3. The third-order valence-corrected chi connectivity index (χ3v) is 4.02. The predicted molar refractivity (Wildman–Crippen MR) is 81.0 cm³/mol. The highest BCUT2D eigenvalue weighted by Crippen LogP contribution is 2.31. The minimum absolute atomic E-state index is 0.150. The van der Waals surface area contributed by atoms with Crippen LogP contribution in [0.4, 0.5) is 9.18 Å². The van der Waals surface area contributed by atoms with Gasteiger partial charge in [0.2, 0.25) is 0 Å². The molecule has 7 heteroatoms. The molecule has 24 heavy (non-hydrogen) atoms. The number of hydrogen-bond acceptors (Lipinski definition) is 4. The van der Waals surface area contributed by atoms with E-state index in [0.717, 1.165) is 11.0 Å². The molecule has 0 spiro atoms. The van der Waals surface area contributed by atoms with Crippen LogP contribution < -0.4 is 5.32 Å². The highest BCUT2D eigenvalue weighted by molar-refractivity contribution is 6.06. The number of benzene rings is 1. The van der Waals surface area contributed by atoms with Crippen LogP contribution in [0.25, 0.3) is 0 Å². The zero-order valence-corrected chi connectivity index (χ0v) is 13.1. The maximum absolute atomic E-state index is 14.0. The fourth-order valence-electron chi connectivity index (χ4n) is 2.63. The van der Waals surface area contributed by atoms with E-state index in [1.54, 1.807) is 26.0 Å². The summed E-state index contributed by atoms with van der Waals surface area (Å²) in [5.74, 6) is -0.228. The van der Waals surface area contributed by atoms with Crippen molar-refractivity contribution in [3.63, 3.8) is 0 Å². The van der Waals surface area contributed by atoms with Crippen molar-refractivity contribution >= 4 is 11.9 Å². The molecule has 0 saturated carbocycles. The number of imide groups is 1. The molecule has 1 atom stereocenters. The maximum atomic E-state index is 14.0. The van der Waals surface area contributed by atoms with Crippen molar-refractivity contribution in [1.29, 1.82) is 5.26 Å². The predicted octanol–water partition coefficient (Wildman–Crippen LogP) is 2.57. The van der Waals surface area contributed by atoms with Gasteiger partial charge in [0.1, 0.15) is 17.3 Å². The lowest BCUT2D eigenvalue weighted by atomic mass is 9.99. The lowest BCUT2D eigenvalue weighted by Gasteiger charge is -2.19. The largest absolute Gasteiger partial charge is 0.463 e. The molecule has 1 saturated heterocycles. The molecule has 1 aliphatic rings. The van der Waals surface area contributed by atoms with Crippen molar-refractivity contribution in [3.05, 3.63) is 58.8 Å². The minimum Gasteiger partial charge on any atom is -0.463 e. The Morgan fingerprint density at radius 3 is 2.67 bits per heavy atom. The van der Waals surface area contributed by atoms with E-state index in [0.29, 0.717) is 11.5 Å². The van der Waals surface area contributed by atoms with Crippen LogP contribution in [0.5, 0.6) is 0 Å². The van der Waals surface area contributed by atoms with E-state index in [-0.39, 0.29) is 17.7 Å². The number of nitriles is 1. The third-order valence-electron chi connectivity index (χ3n) is 4.02. The average molecular weight is 327 g/mol. The van der Waals surface area contributed by atoms with Gasteiger partial charge in [-0.05, 0) is 38.1 Å². The average Bonchev–Trinajstić information content (AvgIpc) is 3.07. The summed E-state index contributed by atoms with van der Waals surface area (Å²) in [6, 6.07) is 8.43. The highest BCUT2D eigenvalue weighted by Gasteiger charge is 2.51. The van der Waals surface area contributed by atoms with Crippen molar-refractivity contribution in [3.8, 4) is 6.07 Å². The van der Waals surface area contributed by atoms with Crippen LogP contribution in [0.1, 0.15) is 29.6 Å². The fourth-order valence-corrected chi connectivity index (χ4v) is 2.63. The molecule has 1 aliphatic heterocycles. The second-order valence-electron chi connectivity index (χ2n) is 5.77. The first-order valence-electron chi connectivity index (χ1n) is 7.24. The van der Waals surface area contributed by atoms with Crippen LogP contribution in [0.2, 0.25) is 0 Å². The summed E-state index contributed by atoms with van der Waals surface area (Å²) in [6.07, 6.45) is 0. The fraction of sp³-hybridized carbons (Fsp3) is 0.235. The Labute approximate surface area is 137 Å². The van der Waals surface area contributed by atoms with Gasteiger partial charge in [-0.2, -0.15) is 5.26 Å². The first-order valence-corrected chi connectivity index (χ1v) is 7.24. The lowest BCUT2D eigenvalue weighted by molar-refractivity contribution is -0.132. The van der Waals surface area contributed by atoms with Gasteiger partial charge < -0.3 is 9.73 Å². The zero-order valence-electron chi connectivity index (χ0n) is 13.1. The molecule has 0 unspecified atom stereocenters. The Morgan fingerprint density at radius 1 is 1.33 bits per heavy atom. The summed E-state index contributed by atoms with van der Waals surface area (Å²) in [5.41, 5.74) is -1.00. The molecular formula is C17H14FN3O3. The number of carbonyl (C=O) groups is 2. The van der Waals surface area contributed by atoms with E-state index in [1.807, 2.05) is 6.07 Å². The van der Waals surface area contributed by atoms with Crippen LogP contribution in [0, 0.1) is 24.1 Å². The summed E-state index contributed by atoms with van der Waals surface area (Å²) >= 11 is 0. The highest BCUT2D eigenvalue weighted by atomic mass is 19.1. The normalized spacial score (nSPS) is 20.2. The van der Waals surface area contributed by atoms with E-state index >= 15 is 0 Å². The lowest BCUT2D eigenvalue weighted by Crippen LogP contribution is -2.40. The van der Waals surface area contributed by atoms with Gasteiger partial charge in [0.25, 0.3) is 5.91 Å². The van der Waals surface area contributed by atoms with Crippen molar-refractivity contribution in [2.24, 2.45) is 0 Å². The minimum atomic E-state index is -1.32. The molecule has 2 aromatic rings. The molecule has 0 aliphatic carbocycles. The number of halogens is 1. The van der Waals surface area contributed by atoms with Gasteiger partial charge in [-0.15, -0.1) is 0 Å². The van der Waals surface area contributed by atoms with Crippen molar-refractivity contribution in [2.75, 3.05) is 0 Å². The summed E-state index contributed by atoms with van der Waals surface area (Å²) in [7, 11) is 0. The van der Waals surface area contributed by atoms with Gasteiger partial charge in [-0.3, -0.25) is 9.69 Å². The van der Waals surface area contributed by atoms with Crippen LogP contribution in [0.3, 0.4) is 0 Å². The molecule has 1 aromatic heterocycles. The molecule has 6 nitrogen and oxygen atoms in total. The molecule has 122 valence electrons. The Balaban J connectivity index is 1.89.